The summed E-state index contributed by atoms with van der Waals surface area (Å²) < 4.78 is 0. The van der Waals surface area contributed by atoms with Crippen LogP contribution in [0, 0.1) is 18.3 Å². The van der Waals surface area contributed by atoms with Gasteiger partial charge in [0.15, 0.2) is 0 Å². The second-order valence-electron chi connectivity index (χ2n) is 3.59. The average molecular weight is 226 g/mol. The molecule has 0 saturated carbocycles. The molecule has 0 atom stereocenters. The van der Waals surface area contributed by atoms with Crippen LogP contribution in [0.2, 0.25) is 0 Å². The van der Waals surface area contributed by atoms with Gasteiger partial charge in [-0.2, -0.15) is 10.4 Å². The summed E-state index contributed by atoms with van der Waals surface area (Å²) >= 11 is 0. The third kappa shape index (κ3) is 2.32. The fourth-order valence-electron chi connectivity index (χ4n) is 1.44. The quantitative estimate of drug-likeness (QED) is 0.819. The molecule has 0 radical (unpaired) electrons. The smallest absolute Gasteiger partial charge is 0.256 e. The molecular formula is C12H10N4O. The van der Waals surface area contributed by atoms with Gasteiger partial charge in [-0.15, -0.1) is 0 Å². The first-order valence-corrected chi connectivity index (χ1v) is 5.02. The van der Waals surface area contributed by atoms with E-state index in [1.54, 1.807) is 12.1 Å². The van der Waals surface area contributed by atoms with Gasteiger partial charge < -0.3 is 5.32 Å². The predicted molar refractivity (Wildman–Crippen MR) is 62.4 cm³/mol. The van der Waals surface area contributed by atoms with Crippen molar-refractivity contribution >= 4 is 11.7 Å². The minimum atomic E-state index is -0.269. The standard InChI is InChI=1S/C12H10N4O/c1-8-3-2-4-9(5-8)12(17)15-11-10(6-13)7-14-16-11/h2-5,7H,1H3,(H2,14,15,16,17). The molecular weight excluding hydrogens is 216 g/mol. The molecule has 0 aliphatic heterocycles. The van der Waals surface area contributed by atoms with E-state index < -0.39 is 0 Å². The zero-order chi connectivity index (χ0) is 12.3. The Labute approximate surface area is 98.1 Å². The lowest BCUT2D eigenvalue weighted by Gasteiger charge is -2.03. The molecule has 0 aliphatic carbocycles. The van der Waals surface area contributed by atoms with E-state index in [0.29, 0.717) is 16.9 Å². The zero-order valence-electron chi connectivity index (χ0n) is 9.19. The third-order valence-electron chi connectivity index (χ3n) is 2.28. The predicted octanol–water partition coefficient (Wildman–Crippen LogP) is 1.84. The highest BCUT2D eigenvalue weighted by Crippen LogP contribution is 2.11. The molecule has 0 spiro atoms. The first-order valence-electron chi connectivity index (χ1n) is 5.02. The monoisotopic (exact) mass is 226 g/mol. The molecule has 17 heavy (non-hydrogen) atoms. The molecule has 2 rings (SSSR count). The lowest BCUT2D eigenvalue weighted by atomic mass is 10.1. The second kappa shape index (κ2) is 4.49. The number of aromatic amines is 1. The summed E-state index contributed by atoms with van der Waals surface area (Å²) in [6, 6.07) is 9.14. The van der Waals surface area contributed by atoms with Gasteiger partial charge in [-0.05, 0) is 19.1 Å². The Balaban J connectivity index is 2.21. The highest BCUT2D eigenvalue weighted by atomic mass is 16.1. The molecule has 2 aromatic rings. The maximum Gasteiger partial charge on any atom is 0.256 e. The number of anilines is 1. The molecule has 0 unspecified atom stereocenters. The Kier molecular flexibility index (Phi) is 2.88. The number of nitriles is 1. The normalized spacial score (nSPS) is 9.65. The van der Waals surface area contributed by atoms with Crippen molar-refractivity contribution in [1.82, 2.24) is 10.2 Å². The van der Waals surface area contributed by atoms with E-state index in [1.807, 2.05) is 25.1 Å². The van der Waals surface area contributed by atoms with E-state index in [-0.39, 0.29) is 5.91 Å². The van der Waals surface area contributed by atoms with Crippen LogP contribution < -0.4 is 5.32 Å². The van der Waals surface area contributed by atoms with Crippen LogP contribution in [0.1, 0.15) is 21.5 Å². The topological polar surface area (TPSA) is 81.6 Å². The number of rotatable bonds is 2. The molecule has 2 N–H and O–H groups in total. The van der Waals surface area contributed by atoms with Crippen LogP contribution in [-0.4, -0.2) is 16.1 Å². The summed E-state index contributed by atoms with van der Waals surface area (Å²) in [4.78, 5) is 11.9. The van der Waals surface area contributed by atoms with E-state index in [1.165, 1.54) is 6.20 Å². The summed E-state index contributed by atoms with van der Waals surface area (Å²) in [5.74, 6) is 0.0495. The fourth-order valence-corrected chi connectivity index (χ4v) is 1.44. The lowest BCUT2D eigenvalue weighted by molar-refractivity contribution is 0.102. The van der Waals surface area contributed by atoms with Gasteiger partial charge in [-0.1, -0.05) is 17.7 Å². The van der Waals surface area contributed by atoms with Gasteiger partial charge in [0.2, 0.25) is 0 Å². The number of amides is 1. The summed E-state index contributed by atoms with van der Waals surface area (Å²) in [6.07, 6.45) is 1.37. The summed E-state index contributed by atoms with van der Waals surface area (Å²) in [7, 11) is 0. The maximum atomic E-state index is 11.9. The van der Waals surface area contributed by atoms with Crippen LogP contribution in [0.3, 0.4) is 0 Å². The number of H-pyrrole nitrogens is 1. The summed E-state index contributed by atoms with van der Waals surface area (Å²) in [5.41, 5.74) is 1.86. The SMILES string of the molecule is Cc1cccc(C(=O)Nc2[nH]ncc2C#N)c1. The van der Waals surface area contributed by atoms with Crippen molar-refractivity contribution in [3.05, 3.63) is 47.2 Å². The summed E-state index contributed by atoms with van der Waals surface area (Å²) in [6.45, 7) is 1.91. The molecule has 0 fully saturated rings. The number of aryl methyl sites for hydroxylation is 1. The van der Waals surface area contributed by atoms with Crippen LogP contribution >= 0.6 is 0 Å². The van der Waals surface area contributed by atoms with E-state index in [9.17, 15) is 4.79 Å². The fraction of sp³-hybridized carbons (Fsp3) is 0.0833. The van der Waals surface area contributed by atoms with Gasteiger partial charge in [-0.3, -0.25) is 9.89 Å². The van der Waals surface area contributed by atoms with Crippen molar-refractivity contribution in [3.8, 4) is 6.07 Å². The highest BCUT2D eigenvalue weighted by Gasteiger charge is 2.10. The van der Waals surface area contributed by atoms with Crippen LogP contribution in [-0.2, 0) is 0 Å². The van der Waals surface area contributed by atoms with Crippen LogP contribution in [0.5, 0.6) is 0 Å². The molecule has 1 aromatic carbocycles. The number of nitrogens with one attached hydrogen (secondary N) is 2. The average Bonchev–Trinajstić information content (AvgIpc) is 2.76. The Morgan fingerprint density at radius 2 is 2.35 bits per heavy atom. The largest absolute Gasteiger partial charge is 0.306 e. The third-order valence-corrected chi connectivity index (χ3v) is 2.28. The van der Waals surface area contributed by atoms with Gasteiger partial charge in [-0.25, -0.2) is 0 Å². The molecule has 1 amide bonds. The van der Waals surface area contributed by atoms with Crippen molar-refractivity contribution in [2.24, 2.45) is 0 Å². The van der Waals surface area contributed by atoms with E-state index in [2.05, 4.69) is 15.5 Å². The Morgan fingerprint density at radius 3 is 3.06 bits per heavy atom. The van der Waals surface area contributed by atoms with Crippen molar-refractivity contribution in [2.45, 2.75) is 6.92 Å². The van der Waals surface area contributed by atoms with Gasteiger partial charge in [0.05, 0.1) is 6.20 Å². The number of hydrogen-bond donors (Lipinski definition) is 2. The van der Waals surface area contributed by atoms with Crippen molar-refractivity contribution in [3.63, 3.8) is 0 Å². The molecule has 0 bridgehead atoms. The van der Waals surface area contributed by atoms with Crippen molar-refractivity contribution in [1.29, 1.82) is 5.26 Å². The Bertz CT molecular complexity index is 595. The molecule has 1 heterocycles. The Hall–Kier alpha value is -2.61. The Morgan fingerprint density at radius 1 is 1.53 bits per heavy atom. The minimum Gasteiger partial charge on any atom is -0.306 e. The van der Waals surface area contributed by atoms with E-state index >= 15 is 0 Å². The number of hydrogen-bond acceptors (Lipinski definition) is 3. The molecule has 0 saturated heterocycles. The molecule has 5 heteroatoms. The molecule has 5 nitrogen and oxygen atoms in total. The number of benzene rings is 1. The number of aromatic nitrogens is 2. The molecule has 0 aliphatic rings. The van der Waals surface area contributed by atoms with Crippen molar-refractivity contribution in [2.75, 3.05) is 5.32 Å². The van der Waals surface area contributed by atoms with Crippen LogP contribution in [0.25, 0.3) is 0 Å². The van der Waals surface area contributed by atoms with Gasteiger partial charge in [0.1, 0.15) is 17.5 Å². The number of nitrogens with zero attached hydrogens (tertiary/aromatic N) is 2. The van der Waals surface area contributed by atoms with Gasteiger partial charge in [0, 0.05) is 5.56 Å². The molecule has 84 valence electrons. The summed E-state index contributed by atoms with van der Waals surface area (Å²) in [5, 5.41) is 17.6. The second-order valence-corrected chi connectivity index (χ2v) is 3.59. The molecule has 1 aromatic heterocycles. The first kappa shape index (κ1) is 10.9. The number of carbonyl (C=O) groups excluding carboxylic acids is 1. The first-order chi connectivity index (χ1) is 8.20. The van der Waals surface area contributed by atoms with Crippen LogP contribution in [0.15, 0.2) is 30.5 Å². The van der Waals surface area contributed by atoms with E-state index in [4.69, 9.17) is 5.26 Å². The number of carbonyl (C=O) groups is 1. The van der Waals surface area contributed by atoms with Crippen LogP contribution in [0.4, 0.5) is 5.82 Å². The van der Waals surface area contributed by atoms with Gasteiger partial charge >= 0.3 is 0 Å². The zero-order valence-corrected chi connectivity index (χ0v) is 9.19. The maximum absolute atomic E-state index is 11.9. The van der Waals surface area contributed by atoms with E-state index in [0.717, 1.165) is 5.56 Å². The van der Waals surface area contributed by atoms with Gasteiger partial charge in [0.25, 0.3) is 5.91 Å². The van der Waals surface area contributed by atoms with Crippen molar-refractivity contribution < 1.29 is 4.79 Å². The highest BCUT2D eigenvalue weighted by molar-refractivity contribution is 6.04. The lowest BCUT2D eigenvalue weighted by Crippen LogP contribution is -2.13. The minimum absolute atomic E-state index is 0.269.